The molecule has 0 aliphatic rings. The summed E-state index contributed by atoms with van der Waals surface area (Å²) in [6, 6.07) is 25.1. The van der Waals surface area contributed by atoms with Crippen molar-refractivity contribution in [3.8, 4) is 0 Å². The molecule has 3 aromatic carbocycles. The van der Waals surface area contributed by atoms with Crippen molar-refractivity contribution in [1.29, 1.82) is 0 Å². The minimum Gasteiger partial charge on any atom is -0.384 e. The molecular formula is C22H16N2O2. The number of ketones is 1. The first-order valence-corrected chi connectivity index (χ1v) is 8.27. The third-order valence-electron chi connectivity index (χ3n) is 4.40. The van der Waals surface area contributed by atoms with Gasteiger partial charge in [0, 0.05) is 16.5 Å². The van der Waals surface area contributed by atoms with Gasteiger partial charge in [0.2, 0.25) is 0 Å². The minimum atomic E-state index is -0.258. The zero-order chi connectivity index (χ0) is 18.1. The van der Waals surface area contributed by atoms with Gasteiger partial charge in [0.05, 0.1) is 11.1 Å². The van der Waals surface area contributed by atoms with Gasteiger partial charge in [-0.15, -0.1) is 0 Å². The van der Waals surface area contributed by atoms with Crippen molar-refractivity contribution < 1.29 is 9.59 Å². The molecular weight excluding hydrogens is 324 g/mol. The van der Waals surface area contributed by atoms with E-state index >= 15 is 0 Å². The second-order valence-electron chi connectivity index (χ2n) is 5.98. The van der Waals surface area contributed by atoms with E-state index in [-0.39, 0.29) is 17.5 Å². The molecule has 1 heterocycles. The van der Waals surface area contributed by atoms with Crippen LogP contribution >= 0.6 is 0 Å². The van der Waals surface area contributed by atoms with Gasteiger partial charge >= 0.3 is 0 Å². The summed E-state index contributed by atoms with van der Waals surface area (Å²) in [7, 11) is 0. The monoisotopic (exact) mass is 340 g/mol. The quantitative estimate of drug-likeness (QED) is 0.570. The summed E-state index contributed by atoms with van der Waals surface area (Å²) in [5, 5.41) is 0.670. The van der Waals surface area contributed by atoms with E-state index < -0.39 is 0 Å². The lowest BCUT2D eigenvalue weighted by Crippen LogP contribution is -2.15. The average molecular weight is 340 g/mol. The van der Waals surface area contributed by atoms with Gasteiger partial charge < -0.3 is 5.73 Å². The Kier molecular flexibility index (Phi) is 3.86. The number of hydrogen-bond acceptors (Lipinski definition) is 3. The molecule has 26 heavy (non-hydrogen) atoms. The molecule has 4 rings (SSSR count). The number of nitrogen functional groups attached to an aromatic ring is 1. The largest absolute Gasteiger partial charge is 0.384 e. The van der Waals surface area contributed by atoms with Crippen molar-refractivity contribution in [2.45, 2.75) is 0 Å². The van der Waals surface area contributed by atoms with E-state index in [1.54, 1.807) is 54.6 Å². The summed E-state index contributed by atoms with van der Waals surface area (Å²) >= 11 is 0. The smallest absolute Gasteiger partial charge is 0.263 e. The van der Waals surface area contributed by atoms with Crippen molar-refractivity contribution in [3.63, 3.8) is 0 Å². The molecule has 0 saturated carbocycles. The molecule has 0 fully saturated rings. The molecule has 0 unspecified atom stereocenters. The normalized spacial score (nSPS) is 10.8. The summed E-state index contributed by atoms with van der Waals surface area (Å²) in [6.07, 6.45) is 0. The molecule has 0 amide bonds. The van der Waals surface area contributed by atoms with E-state index in [1.165, 1.54) is 4.57 Å². The maximum absolute atomic E-state index is 13.0. The number of hydrogen-bond donors (Lipinski definition) is 1. The first-order chi connectivity index (χ1) is 12.7. The molecule has 0 spiro atoms. The molecule has 0 aliphatic carbocycles. The van der Waals surface area contributed by atoms with E-state index in [0.717, 1.165) is 0 Å². The lowest BCUT2D eigenvalue weighted by molar-refractivity contribution is 0.0967. The SMILES string of the molecule is Nc1c(C(=O)c2ccccc2)c2ccccc2n1C(=O)c1ccccc1. The van der Waals surface area contributed by atoms with E-state index in [2.05, 4.69) is 0 Å². The van der Waals surface area contributed by atoms with Gasteiger partial charge in [-0.2, -0.15) is 0 Å². The van der Waals surface area contributed by atoms with E-state index in [0.29, 0.717) is 27.6 Å². The van der Waals surface area contributed by atoms with Crippen LogP contribution in [0, 0.1) is 0 Å². The number of rotatable bonds is 3. The van der Waals surface area contributed by atoms with E-state index in [1.807, 2.05) is 30.3 Å². The van der Waals surface area contributed by atoms with Crippen molar-refractivity contribution in [1.82, 2.24) is 4.57 Å². The van der Waals surface area contributed by atoms with Crippen molar-refractivity contribution in [2.24, 2.45) is 0 Å². The molecule has 0 aliphatic heterocycles. The molecule has 0 radical (unpaired) electrons. The average Bonchev–Trinajstić information content (AvgIpc) is 3.00. The maximum Gasteiger partial charge on any atom is 0.263 e. The van der Waals surface area contributed by atoms with E-state index in [4.69, 9.17) is 5.73 Å². The van der Waals surface area contributed by atoms with Crippen LogP contribution in [-0.2, 0) is 0 Å². The Bertz CT molecular complexity index is 1020. The summed E-state index contributed by atoms with van der Waals surface area (Å²) in [5.41, 5.74) is 8.34. The lowest BCUT2D eigenvalue weighted by Gasteiger charge is -2.07. The van der Waals surface area contributed by atoms with Crippen LogP contribution in [0.3, 0.4) is 0 Å². The number of fused-ring (bicyclic) bond motifs is 1. The Morgan fingerprint density at radius 2 is 1.23 bits per heavy atom. The zero-order valence-electron chi connectivity index (χ0n) is 13.9. The molecule has 4 aromatic rings. The minimum absolute atomic E-state index is 0.161. The topological polar surface area (TPSA) is 65.1 Å². The van der Waals surface area contributed by atoms with Crippen LogP contribution in [0.4, 0.5) is 5.82 Å². The second-order valence-corrected chi connectivity index (χ2v) is 5.98. The Morgan fingerprint density at radius 3 is 1.88 bits per heavy atom. The number of benzene rings is 3. The highest BCUT2D eigenvalue weighted by molar-refractivity contribution is 6.22. The number of anilines is 1. The highest BCUT2D eigenvalue weighted by Gasteiger charge is 2.25. The molecule has 0 saturated heterocycles. The molecule has 4 heteroatoms. The fourth-order valence-electron chi connectivity index (χ4n) is 3.16. The lowest BCUT2D eigenvalue weighted by atomic mass is 10.0. The Balaban J connectivity index is 1.95. The maximum atomic E-state index is 13.0. The highest BCUT2D eigenvalue weighted by Crippen LogP contribution is 2.31. The van der Waals surface area contributed by atoms with Crippen LogP contribution < -0.4 is 5.73 Å². The Labute approximate surface area is 150 Å². The molecule has 0 bridgehead atoms. The number of nitrogens with zero attached hydrogens (tertiary/aromatic N) is 1. The van der Waals surface area contributed by atoms with Crippen molar-refractivity contribution >= 4 is 28.4 Å². The summed E-state index contributed by atoms with van der Waals surface area (Å²) < 4.78 is 1.42. The van der Waals surface area contributed by atoms with Gasteiger partial charge in [-0.25, -0.2) is 0 Å². The van der Waals surface area contributed by atoms with Crippen molar-refractivity contribution in [2.75, 3.05) is 5.73 Å². The molecule has 2 N–H and O–H groups in total. The molecule has 4 nitrogen and oxygen atoms in total. The van der Waals surface area contributed by atoms with Gasteiger partial charge in [0.25, 0.3) is 5.91 Å². The van der Waals surface area contributed by atoms with Crippen molar-refractivity contribution in [3.05, 3.63) is 102 Å². The Morgan fingerprint density at radius 1 is 0.692 bits per heavy atom. The van der Waals surface area contributed by atoms with Gasteiger partial charge in [-0.1, -0.05) is 66.7 Å². The summed E-state index contributed by atoms with van der Waals surface area (Å²) in [5.74, 6) is -0.292. The van der Waals surface area contributed by atoms with Gasteiger partial charge in [0.1, 0.15) is 5.82 Å². The van der Waals surface area contributed by atoms with Gasteiger partial charge in [-0.05, 0) is 18.2 Å². The first-order valence-electron chi connectivity index (χ1n) is 8.27. The molecule has 126 valence electrons. The number of carbonyl (C=O) groups excluding carboxylic acids is 2. The number of para-hydroxylation sites is 1. The Hall–Kier alpha value is -3.66. The number of carbonyl (C=O) groups is 2. The second kappa shape index (κ2) is 6.33. The third kappa shape index (κ3) is 2.48. The molecule has 0 atom stereocenters. The third-order valence-corrected chi connectivity index (χ3v) is 4.40. The predicted octanol–water partition coefficient (Wildman–Crippen LogP) is 4.14. The predicted molar refractivity (Wildman–Crippen MR) is 102 cm³/mol. The van der Waals surface area contributed by atoms with Crippen LogP contribution in [0.25, 0.3) is 10.9 Å². The molecule has 1 aromatic heterocycles. The van der Waals surface area contributed by atoms with Crippen LogP contribution in [0.5, 0.6) is 0 Å². The number of nitrogens with two attached hydrogens (primary N) is 1. The van der Waals surface area contributed by atoms with E-state index in [9.17, 15) is 9.59 Å². The van der Waals surface area contributed by atoms with Crippen LogP contribution in [-0.4, -0.2) is 16.3 Å². The highest BCUT2D eigenvalue weighted by atomic mass is 16.2. The van der Waals surface area contributed by atoms with Crippen LogP contribution in [0.2, 0.25) is 0 Å². The van der Waals surface area contributed by atoms with Crippen LogP contribution in [0.15, 0.2) is 84.9 Å². The first kappa shape index (κ1) is 15.8. The van der Waals surface area contributed by atoms with Crippen LogP contribution in [0.1, 0.15) is 26.3 Å². The van der Waals surface area contributed by atoms with Gasteiger partial charge in [0.15, 0.2) is 5.78 Å². The summed E-state index contributed by atoms with van der Waals surface area (Å²) in [4.78, 5) is 26.1. The fourth-order valence-corrected chi connectivity index (χ4v) is 3.16. The number of aromatic nitrogens is 1. The standard InChI is InChI=1S/C22H16N2O2/c23-21-19(20(25)15-9-3-1-4-10-15)17-13-7-8-14-18(17)24(21)22(26)16-11-5-2-6-12-16/h1-14H,23H2. The fraction of sp³-hybridized carbons (Fsp3) is 0. The zero-order valence-corrected chi connectivity index (χ0v) is 13.9. The van der Waals surface area contributed by atoms with Gasteiger partial charge in [-0.3, -0.25) is 14.2 Å². The summed E-state index contributed by atoms with van der Waals surface area (Å²) in [6.45, 7) is 0.